The highest BCUT2D eigenvalue weighted by Gasteiger charge is 2.18. The van der Waals surface area contributed by atoms with Crippen molar-refractivity contribution in [3.63, 3.8) is 0 Å². The second kappa shape index (κ2) is 6.31. The molecule has 0 heterocycles. The van der Waals surface area contributed by atoms with E-state index in [1.165, 1.54) is 6.07 Å². The van der Waals surface area contributed by atoms with Crippen LogP contribution in [0.4, 0.5) is 4.39 Å². The smallest absolute Gasteiger partial charge is 0.313 e. The quantitative estimate of drug-likeness (QED) is 0.622. The maximum atomic E-state index is 13.2. The number of rotatable bonds is 4. The van der Waals surface area contributed by atoms with Gasteiger partial charge in [0.15, 0.2) is 11.5 Å². The molecule has 0 atom stereocenters. The lowest BCUT2D eigenvalue weighted by Crippen LogP contribution is -2.18. The van der Waals surface area contributed by atoms with Crippen LogP contribution in [0.2, 0.25) is 0 Å². The lowest BCUT2D eigenvalue weighted by molar-refractivity contribution is -0.140. The Morgan fingerprint density at radius 3 is 1.89 bits per heavy atom. The number of hydrogen-bond acceptors (Lipinski definition) is 4. The molecule has 0 spiro atoms. The van der Waals surface area contributed by atoms with Crippen molar-refractivity contribution in [3.8, 4) is 11.5 Å². The lowest BCUT2D eigenvalue weighted by Gasteiger charge is -2.12. The Bertz CT molecular complexity index is 480. The van der Waals surface area contributed by atoms with E-state index in [9.17, 15) is 14.0 Å². The van der Waals surface area contributed by atoms with E-state index in [4.69, 9.17) is 9.47 Å². The van der Waals surface area contributed by atoms with Crippen LogP contribution < -0.4 is 9.47 Å². The zero-order valence-corrected chi connectivity index (χ0v) is 11.4. The van der Waals surface area contributed by atoms with Gasteiger partial charge in [-0.15, -0.1) is 0 Å². The van der Waals surface area contributed by atoms with E-state index in [1.54, 1.807) is 27.7 Å². The van der Waals surface area contributed by atoms with Gasteiger partial charge in [-0.05, 0) is 12.1 Å². The molecular formula is C14H17FO4. The fourth-order valence-corrected chi connectivity index (χ4v) is 1.10. The number of ether oxygens (including phenoxy) is 2. The minimum atomic E-state index is -0.573. The monoisotopic (exact) mass is 268 g/mol. The largest absolute Gasteiger partial charge is 0.422 e. The molecule has 0 amide bonds. The Kier molecular flexibility index (Phi) is 5.03. The normalized spacial score (nSPS) is 10.7. The summed E-state index contributed by atoms with van der Waals surface area (Å²) in [6.07, 6.45) is 0. The maximum Gasteiger partial charge on any atom is 0.313 e. The number of carbonyl (C=O) groups excluding carboxylic acids is 2. The first-order valence-electron chi connectivity index (χ1n) is 6.04. The Morgan fingerprint density at radius 2 is 1.42 bits per heavy atom. The van der Waals surface area contributed by atoms with Crippen molar-refractivity contribution in [1.29, 1.82) is 0 Å². The van der Waals surface area contributed by atoms with Crippen molar-refractivity contribution < 1.29 is 23.5 Å². The molecule has 1 rings (SSSR count). The Hall–Kier alpha value is -1.91. The minimum absolute atomic E-state index is 0.0362. The van der Waals surface area contributed by atoms with Gasteiger partial charge in [0.25, 0.3) is 0 Å². The van der Waals surface area contributed by atoms with Crippen LogP contribution in [-0.4, -0.2) is 11.9 Å². The lowest BCUT2D eigenvalue weighted by atomic mass is 10.2. The predicted molar refractivity (Wildman–Crippen MR) is 67.3 cm³/mol. The average molecular weight is 268 g/mol. The molecule has 1 aromatic rings. The third-order valence-electron chi connectivity index (χ3n) is 2.27. The van der Waals surface area contributed by atoms with E-state index >= 15 is 0 Å². The molecule has 0 unspecified atom stereocenters. The molecule has 1 aromatic carbocycles. The van der Waals surface area contributed by atoms with Crippen LogP contribution in [0.1, 0.15) is 27.7 Å². The molecule has 0 bridgehead atoms. The summed E-state index contributed by atoms with van der Waals surface area (Å²) < 4.78 is 23.2. The van der Waals surface area contributed by atoms with E-state index in [-0.39, 0.29) is 23.3 Å². The van der Waals surface area contributed by atoms with Crippen molar-refractivity contribution in [1.82, 2.24) is 0 Å². The summed E-state index contributed by atoms with van der Waals surface area (Å²) in [5.41, 5.74) is 0. The summed E-state index contributed by atoms with van der Waals surface area (Å²) in [6, 6.07) is 3.41. The first-order chi connectivity index (χ1) is 8.81. The number of benzene rings is 1. The highest BCUT2D eigenvalue weighted by atomic mass is 19.1. The van der Waals surface area contributed by atoms with Crippen molar-refractivity contribution in [3.05, 3.63) is 24.0 Å². The van der Waals surface area contributed by atoms with Crippen LogP contribution in [0.3, 0.4) is 0 Å². The van der Waals surface area contributed by atoms with Crippen molar-refractivity contribution >= 4 is 11.9 Å². The molecule has 0 aromatic heterocycles. The van der Waals surface area contributed by atoms with Crippen molar-refractivity contribution in [2.45, 2.75) is 27.7 Å². The van der Waals surface area contributed by atoms with Gasteiger partial charge in [0, 0.05) is 6.07 Å². The summed E-state index contributed by atoms with van der Waals surface area (Å²) >= 11 is 0. The molecule has 0 fully saturated rings. The molecule has 0 saturated carbocycles. The van der Waals surface area contributed by atoms with Crippen molar-refractivity contribution in [2.75, 3.05) is 0 Å². The summed E-state index contributed by atoms with van der Waals surface area (Å²) in [5.74, 6) is -2.32. The second-order valence-electron chi connectivity index (χ2n) is 4.74. The molecule has 0 radical (unpaired) electrons. The van der Waals surface area contributed by atoms with E-state index in [0.29, 0.717) is 0 Å². The second-order valence-corrected chi connectivity index (χ2v) is 4.74. The zero-order valence-electron chi connectivity index (χ0n) is 11.4. The molecule has 0 aliphatic heterocycles. The van der Waals surface area contributed by atoms with Gasteiger partial charge in [0.2, 0.25) is 0 Å². The Labute approximate surface area is 111 Å². The molecule has 5 heteroatoms. The fourth-order valence-electron chi connectivity index (χ4n) is 1.10. The Morgan fingerprint density at radius 1 is 0.947 bits per heavy atom. The van der Waals surface area contributed by atoms with Crippen LogP contribution in [0.5, 0.6) is 11.5 Å². The molecule has 0 N–H and O–H groups in total. The minimum Gasteiger partial charge on any atom is -0.422 e. The molecule has 19 heavy (non-hydrogen) atoms. The average Bonchev–Trinajstić information content (AvgIpc) is 2.32. The van der Waals surface area contributed by atoms with Gasteiger partial charge in [0.1, 0.15) is 5.82 Å². The van der Waals surface area contributed by atoms with Gasteiger partial charge in [-0.2, -0.15) is 0 Å². The SMILES string of the molecule is CC(C)C(=O)Oc1ccc(F)cc1OC(=O)C(C)C. The number of carbonyl (C=O) groups is 2. The van der Waals surface area contributed by atoms with E-state index in [2.05, 4.69) is 0 Å². The van der Waals surface area contributed by atoms with Crippen LogP contribution in [-0.2, 0) is 9.59 Å². The van der Waals surface area contributed by atoms with E-state index < -0.39 is 17.8 Å². The summed E-state index contributed by atoms with van der Waals surface area (Å²) in [4.78, 5) is 23.0. The van der Waals surface area contributed by atoms with Crippen molar-refractivity contribution in [2.24, 2.45) is 11.8 Å². The van der Waals surface area contributed by atoms with Crippen LogP contribution in [0.15, 0.2) is 18.2 Å². The van der Waals surface area contributed by atoms with Gasteiger partial charge >= 0.3 is 11.9 Å². The molecule has 104 valence electrons. The molecule has 0 aliphatic carbocycles. The van der Waals surface area contributed by atoms with Gasteiger partial charge in [0.05, 0.1) is 11.8 Å². The van der Waals surface area contributed by atoms with Gasteiger partial charge in [-0.3, -0.25) is 9.59 Å². The topological polar surface area (TPSA) is 52.6 Å². The van der Waals surface area contributed by atoms with Crippen LogP contribution in [0.25, 0.3) is 0 Å². The predicted octanol–water partition coefficient (Wildman–Crippen LogP) is 2.95. The fraction of sp³-hybridized carbons (Fsp3) is 0.429. The van der Waals surface area contributed by atoms with Gasteiger partial charge < -0.3 is 9.47 Å². The van der Waals surface area contributed by atoms with Crippen LogP contribution in [0, 0.1) is 17.7 Å². The molecule has 0 aliphatic rings. The van der Waals surface area contributed by atoms with E-state index in [0.717, 1.165) is 12.1 Å². The summed E-state index contributed by atoms with van der Waals surface area (Å²) in [7, 11) is 0. The number of halogens is 1. The first kappa shape index (κ1) is 15.1. The highest BCUT2D eigenvalue weighted by molar-refractivity contribution is 5.77. The first-order valence-corrected chi connectivity index (χ1v) is 6.04. The third kappa shape index (κ3) is 4.35. The standard InChI is InChI=1S/C14H17FO4/c1-8(2)13(16)18-11-6-5-10(15)7-12(11)19-14(17)9(3)4/h5-9H,1-4H3. The third-order valence-corrected chi connectivity index (χ3v) is 2.27. The highest BCUT2D eigenvalue weighted by Crippen LogP contribution is 2.29. The van der Waals surface area contributed by atoms with Gasteiger partial charge in [-0.1, -0.05) is 27.7 Å². The number of esters is 2. The molecular weight excluding hydrogens is 251 g/mol. The Balaban J connectivity index is 2.98. The zero-order chi connectivity index (χ0) is 14.6. The van der Waals surface area contributed by atoms with Gasteiger partial charge in [-0.25, -0.2) is 4.39 Å². The molecule has 0 saturated heterocycles. The molecule has 4 nitrogen and oxygen atoms in total. The van der Waals surface area contributed by atoms with E-state index in [1.807, 2.05) is 0 Å². The summed E-state index contributed by atoms with van der Waals surface area (Å²) in [6.45, 7) is 6.65. The number of hydrogen-bond donors (Lipinski definition) is 0. The summed E-state index contributed by atoms with van der Waals surface area (Å²) in [5, 5.41) is 0. The maximum absolute atomic E-state index is 13.2. The van der Waals surface area contributed by atoms with Crippen LogP contribution >= 0.6 is 0 Å².